The molecule has 140 valence electrons. The number of rotatable bonds is 4. The number of benzene rings is 2. The lowest BCUT2D eigenvalue weighted by molar-refractivity contribution is -0.114. The lowest BCUT2D eigenvalue weighted by Crippen LogP contribution is -2.35. The third-order valence-corrected chi connectivity index (χ3v) is 5.07. The van der Waals surface area contributed by atoms with Crippen molar-refractivity contribution >= 4 is 38.2 Å². The second-order valence-corrected chi connectivity index (χ2v) is 7.54. The maximum atomic E-state index is 12.7. The van der Waals surface area contributed by atoms with Crippen LogP contribution in [0.1, 0.15) is 12.7 Å². The molecule has 3 aromatic rings. The van der Waals surface area contributed by atoms with Gasteiger partial charge in [0.05, 0.1) is 15.8 Å². The Labute approximate surface area is 154 Å². The van der Waals surface area contributed by atoms with Crippen LogP contribution in [0.4, 0.5) is 11.4 Å². The van der Waals surface area contributed by atoms with Gasteiger partial charge in [-0.3, -0.25) is 9.59 Å². The molecular weight excluding hydrogens is 370 g/mol. The summed E-state index contributed by atoms with van der Waals surface area (Å²) in [5.41, 5.74) is 6.37. The van der Waals surface area contributed by atoms with Crippen LogP contribution in [0, 0.1) is 6.92 Å². The largest absolute Gasteiger partial charge is 0.399 e. The molecule has 0 aliphatic rings. The second-order valence-electron chi connectivity index (χ2n) is 5.88. The van der Waals surface area contributed by atoms with E-state index >= 15 is 0 Å². The number of carbonyl (C=O) groups is 1. The van der Waals surface area contributed by atoms with Crippen molar-refractivity contribution in [2.45, 2.75) is 18.7 Å². The number of nitrogens with one attached hydrogen (secondary N) is 2. The van der Waals surface area contributed by atoms with Crippen molar-refractivity contribution in [1.29, 1.82) is 0 Å². The molecule has 0 unspecified atom stereocenters. The fourth-order valence-electron chi connectivity index (χ4n) is 2.52. The van der Waals surface area contributed by atoms with Crippen LogP contribution in [0.25, 0.3) is 10.9 Å². The van der Waals surface area contributed by atoms with Gasteiger partial charge in [-0.15, -0.1) is 0 Å². The summed E-state index contributed by atoms with van der Waals surface area (Å²) in [4.78, 5) is 30.1. The molecular formula is C17H17N5O4S. The second kappa shape index (κ2) is 6.72. The van der Waals surface area contributed by atoms with Crippen LogP contribution in [0.5, 0.6) is 0 Å². The van der Waals surface area contributed by atoms with E-state index in [1.54, 1.807) is 12.1 Å². The minimum atomic E-state index is -4.05. The van der Waals surface area contributed by atoms with Gasteiger partial charge in [-0.25, -0.2) is 9.82 Å². The summed E-state index contributed by atoms with van der Waals surface area (Å²) in [6.07, 6.45) is 0. The Balaban J connectivity index is 2.00. The van der Waals surface area contributed by atoms with Gasteiger partial charge >= 0.3 is 0 Å². The Hall–Kier alpha value is -3.40. The van der Waals surface area contributed by atoms with Gasteiger partial charge in [0.25, 0.3) is 15.6 Å². The zero-order valence-corrected chi connectivity index (χ0v) is 15.4. The van der Waals surface area contributed by atoms with E-state index in [2.05, 4.69) is 15.1 Å². The zero-order chi connectivity index (χ0) is 19.8. The van der Waals surface area contributed by atoms with E-state index in [4.69, 9.17) is 5.73 Å². The predicted octanol–water partition coefficient (Wildman–Crippen LogP) is 1.18. The first-order valence-corrected chi connectivity index (χ1v) is 9.35. The SMILES string of the molecule is CC(=O)Nc1ccc(S(=O)(=O)Nn2c(C)nc3ccc(N)cc3c2=O)cc1. The van der Waals surface area contributed by atoms with Crippen LogP contribution in [0.15, 0.2) is 52.2 Å². The van der Waals surface area contributed by atoms with Crippen LogP contribution >= 0.6 is 0 Å². The number of aryl methyl sites for hydroxylation is 1. The van der Waals surface area contributed by atoms with Crippen molar-refractivity contribution in [2.24, 2.45) is 0 Å². The van der Waals surface area contributed by atoms with Crippen molar-refractivity contribution in [3.63, 3.8) is 0 Å². The molecule has 0 fully saturated rings. The molecule has 1 aromatic heterocycles. The Bertz CT molecular complexity index is 1200. The highest BCUT2D eigenvalue weighted by molar-refractivity contribution is 7.92. The van der Waals surface area contributed by atoms with Crippen molar-refractivity contribution in [2.75, 3.05) is 15.9 Å². The highest BCUT2D eigenvalue weighted by Gasteiger charge is 2.18. The van der Waals surface area contributed by atoms with E-state index in [1.807, 2.05) is 0 Å². The molecule has 2 aromatic carbocycles. The summed E-state index contributed by atoms with van der Waals surface area (Å²) in [6.45, 7) is 2.86. The van der Waals surface area contributed by atoms with Crippen molar-refractivity contribution in [3.8, 4) is 0 Å². The molecule has 0 bridgehead atoms. The molecule has 0 radical (unpaired) electrons. The number of sulfonamides is 1. The fourth-order valence-corrected chi connectivity index (χ4v) is 3.57. The van der Waals surface area contributed by atoms with Crippen molar-refractivity contribution < 1.29 is 13.2 Å². The number of hydrogen-bond donors (Lipinski definition) is 3. The van der Waals surface area contributed by atoms with Crippen LogP contribution in [-0.4, -0.2) is 24.0 Å². The molecule has 0 spiro atoms. The maximum Gasteiger partial charge on any atom is 0.280 e. The molecule has 0 saturated heterocycles. The minimum absolute atomic E-state index is 0.0735. The van der Waals surface area contributed by atoms with Gasteiger partial charge in [0.2, 0.25) is 5.91 Å². The quantitative estimate of drug-likeness (QED) is 0.575. The molecule has 9 nitrogen and oxygen atoms in total. The zero-order valence-electron chi connectivity index (χ0n) is 14.6. The smallest absolute Gasteiger partial charge is 0.280 e. The van der Waals surface area contributed by atoms with E-state index in [9.17, 15) is 18.0 Å². The molecule has 3 rings (SSSR count). The van der Waals surface area contributed by atoms with Gasteiger partial charge in [-0.05, 0) is 49.4 Å². The third kappa shape index (κ3) is 3.75. The highest BCUT2D eigenvalue weighted by Crippen LogP contribution is 2.16. The number of nitrogens with zero attached hydrogens (tertiary/aromatic N) is 2. The average molecular weight is 387 g/mol. The number of carbonyl (C=O) groups excluding carboxylic acids is 1. The van der Waals surface area contributed by atoms with Crippen molar-refractivity contribution in [3.05, 3.63) is 58.6 Å². The number of aromatic nitrogens is 2. The maximum absolute atomic E-state index is 12.7. The summed E-state index contributed by atoms with van der Waals surface area (Å²) in [5.74, 6) is -0.0943. The molecule has 0 saturated carbocycles. The number of hydrogen-bond acceptors (Lipinski definition) is 6. The monoisotopic (exact) mass is 387 g/mol. The summed E-state index contributed by atoms with van der Waals surface area (Å²) in [6, 6.07) is 10.2. The number of amides is 1. The first-order chi connectivity index (χ1) is 12.7. The Morgan fingerprint density at radius 1 is 1.15 bits per heavy atom. The van der Waals surface area contributed by atoms with E-state index in [1.165, 1.54) is 44.2 Å². The number of fused-ring (bicyclic) bond motifs is 1. The van der Waals surface area contributed by atoms with Crippen LogP contribution < -0.4 is 21.4 Å². The molecule has 4 N–H and O–H groups in total. The van der Waals surface area contributed by atoms with Gasteiger partial charge in [0.15, 0.2) is 0 Å². The standard InChI is InChI=1S/C17H17N5O4S/c1-10-19-16-8-3-12(18)9-15(16)17(24)22(10)21-27(25,26)14-6-4-13(5-7-14)20-11(2)23/h3-9,21H,18H2,1-2H3,(H,20,23). The third-order valence-electron chi connectivity index (χ3n) is 3.76. The van der Waals surface area contributed by atoms with Crippen molar-refractivity contribution in [1.82, 2.24) is 9.66 Å². The van der Waals surface area contributed by atoms with E-state index < -0.39 is 15.6 Å². The lowest BCUT2D eigenvalue weighted by atomic mass is 10.2. The lowest BCUT2D eigenvalue weighted by Gasteiger charge is -2.14. The Kier molecular flexibility index (Phi) is 4.58. The van der Waals surface area contributed by atoms with Gasteiger partial charge in [0, 0.05) is 18.3 Å². The van der Waals surface area contributed by atoms with Gasteiger partial charge in [-0.1, -0.05) is 0 Å². The molecule has 10 heteroatoms. The Morgan fingerprint density at radius 2 is 1.81 bits per heavy atom. The average Bonchev–Trinajstić information content (AvgIpc) is 2.59. The molecule has 1 amide bonds. The van der Waals surface area contributed by atoms with Crippen LogP contribution in [0.3, 0.4) is 0 Å². The van der Waals surface area contributed by atoms with Gasteiger partial charge < -0.3 is 11.1 Å². The van der Waals surface area contributed by atoms with E-state index in [-0.39, 0.29) is 22.0 Å². The number of nitrogen functional groups attached to an aromatic ring is 1. The summed E-state index contributed by atoms with van der Waals surface area (Å²) in [5, 5.41) is 2.74. The highest BCUT2D eigenvalue weighted by atomic mass is 32.2. The number of anilines is 2. The molecule has 0 aliphatic heterocycles. The fraction of sp³-hybridized carbons (Fsp3) is 0.118. The first kappa shape index (κ1) is 18.4. The summed E-state index contributed by atoms with van der Waals surface area (Å²) >= 11 is 0. The summed E-state index contributed by atoms with van der Waals surface area (Å²) in [7, 11) is -4.05. The molecule has 0 aliphatic carbocycles. The molecule has 1 heterocycles. The molecule has 27 heavy (non-hydrogen) atoms. The van der Waals surface area contributed by atoms with E-state index in [0.717, 1.165) is 4.68 Å². The van der Waals surface area contributed by atoms with E-state index in [0.29, 0.717) is 16.9 Å². The van der Waals surface area contributed by atoms with Gasteiger partial charge in [-0.2, -0.15) is 13.1 Å². The Morgan fingerprint density at radius 3 is 2.44 bits per heavy atom. The van der Waals surface area contributed by atoms with Gasteiger partial charge in [0.1, 0.15) is 5.82 Å². The van der Waals surface area contributed by atoms with Crippen LogP contribution in [0.2, 0.25) is 0 Å². The number of nitrogens with two attached hydrogens (primary N) is 1. The predicted molar refractivity (Wildman–Crippen MR) is 102 cm³/mol. The minimum Gasteiger partial charge on any atom is -0.399 e. The molecule has 0 atom stereocenters. The normalized spacial score (nSPS) is 11.3. The first-order valence-electron chi connectivity index (χ1n) is 7.87. The summed E-state index contributed by atoms with van der Waals surface area (Å²) < 4.78 is 26.1. The van der Waals surface area contributed by atoms with Crippen LogP contribution in [-0.2, 0) is 14.8 Å². The topological polar surface area (TPSA) is 136 Å².